The van der Waals surface area contributed by atoms with Gasteiger partial charge in [-0.2, -0.15) is 0 Å². The zero-order chi connectivity index (χ0) is 48.1. The first-order valence-electron chi connectivity index (χ1n) is 24.4. The molecule has 2 spiro atoms. The molecular weight excluding hydrogens is 868 g/mol. The van der Waals surface area contributed by atoms with Crippen molar-refractivity contribution >= 4 is 0 Å². The fraction of sp³-hybridized carbons (Fsp3) is 1.00. The Hall–Kier alpha value is -0.760. The van der Waals surface area contributed by atoms with E-state index in [-0.39, 0.29) is 35.2 Å². The van der Waals surface area contributed by atoms with Crippen LogP contribution in [0.15, 0.2) is 0 Å². The lowest BCUT2D eigenvalue weighted by atomic mass is 9.41. The summed E-state index contributed by atoms with van der Waals surface area (Å²) in [6.45, 7) is 13.0. The molecule has 4 saturated heterocycles. The summed E-state index contributed by atoms with van der Waals surface area (Å²) in [6.07, 6.45) is -16.3. The SMILES string of the molecule is CC(C)(O[C@@H]1O[C@H](CO)[C@H](O)[C@H](O)[C@@H]1O)[C@@H]1CC[C@@](C)([C@H]2[C@@H](O)C[C@@]3(C)[C@H]4C[C@H](O[C@H]5O[C@@H](CO)[C@H](O)[C@H](O)[C@@H]5O)[C@@H]5C(C)(C)[C@H](O[C@@H]6OC[C@@H](O)[C@H](O)[C@@H]6O)CC[C@@]56C[C@@]46CC[C@]23C)O1. The average molecular weight is 947 g/mol. The molecule has 0 aromatic carbocycles. The third-order valence-electron chi connectivity index (χ3n) is 19.9. The van der Waals surface area contributed by atoms with Crippen LogP contribution in [0, 0.1) is 44.8 Å². The number of hydrogen-bond acceptors (Lipinski definition) is 19. The number of aliphatic hydroxyl groups excluding tert-OH is 12. The minimum absolute atomic E-state index is 0.00898. The molecule has 0 unspecified atom stereocenters. The minimum Gasteiger partial charge on any atom is -0.394 e. The minimum atomic E-state index is -1.65. The first-order chi connectivity index (χ1) is 30.8. The van der Waals surface area contributed by atoms with Gasteiger partial charge in [0.1, 0.15) is 67.1 Å². The van der Waals surface area contributed by atoms with Gasteiger partial charge in [-0.25, -0.2) is 0 Å². The predicted molar refractivity (Wildman–Crippen MR) is 226 cm³/mol. The second kappa shape index (κ2) is 16.9. The normalized spacial score (nSPS) is 58.0. The second-order valence-electron chi connectivity index (χ2n) is 23.8. The van der Waals surface area contributed by atoms with E-state index in [9.17, 15) is 61.3 Å². The van der Waals surface area contributed by atoms with Gasteiger partial charge >= 0.3 is 0 Å². The van der Waals surface area contributed by atoms with Gasteiger partial charge in [-0.3, -0.25) is 0 Å². The fourth-order valence-corrected chi connectivity index (χ4v) is 16.4. The zero-order valence-corrected chi connectivity index (χ0v) is 39.3. The van der Waals surface area contributed by atoms with Crippen LogP contribution in [0.25, 0.3) is 0 Å². The number of aliphatic hydroxyl groups is 12. The summed E-state index contributed by atoms with van der Waals surface area (Å²) in [5, 5.41) is 129. The Kier molecular flexibility index (Phi) is 12.9. The maximum Gasteiger partial charge on any atom is 0.187 e. The number of ether oxygens (including phenoxy) is 7. The summed E-state index contributed by atoms with van der Waals surface area (Å²) in [4.78, 5) is 0. The van der Waals surface area contributed by atoms with E-state index in [0.717, 1.165) is 25.7 Å². The highest BCUT2D eigenvalue weighted by Crippen LogP contribution is 2.89. The molecule has 66 heavy (non-hydrogen) atoms. The number of fused-ring (bicyclic) bond motifs is 2. The van der Waals surface area contributed by atoms with Crippen LogP contribution in [0.4, 0.5) is 0 Å². The van der Waals surface area contributed by atoms with Crippen molar-refractivity contribution in [2.45, 2.75) is 228 Å². The van der Waals surface area contributed by atoms with E-state index in [2.05, 4.69) is 34.6 Å². The first-order valence-corrected chi connectivity index (χ1v) is 24.4. The van der Waals surface area contributed by atoms with Crippen LogP contribution in [-0.2, 0) is 33.2 Å². The summed E-state index contributed by atoms with van der Waals surface area (Å²) >= 11 is 0. The van der Waals surface area contributed by atoms with Gasteiger partial charge in [0.2, 0.25) is 0 Å². The molecule has 0 amide bonds. The molecule has 4 aliphatic heterocycles. The predicted octanol–water partition coefficient (Wildman–Crippen LogP) is -1.45. The summed E-state index contributed by atoms with van der Waals surface area (Å²) in [5.74, 6) is -0.523. The summed E-state index contributed by atoms with van der Waals surface area (Å²) in [6, 6.07) is 0. The van der Waals surface area contributed by atoms with E-state index >= 15 is 0 Å². The van der Waals surface area contributed by atoms with Crippen molar-refractivity contribution in [3.63, 3.8) is 0 Å². The molecular formula is C47H78O19. The highest BCUT2D eigenvalue weighted by atomic mass is 16.7. The summed E-state index contributed by atoms with van der Waals surface area (Å²) in [5.41, 5.74) is -3.88. The van der Waals surface area contributed by atoms with E-state index in [1.807, 2.05) is 13.8 Å². The Morgan fingerprint density at radius 2 is 1.20 bits per heavy atom. The quantitative estimate of drug-likeness (QED) is 0.112. The zero-order valence-electron chi connectivity index (χ0n) is 39.3. The van der Waals surface area contributed by atoms with Crippen LogP contribution in [0.1, 0.15) is 106 Å². The maximum absolute atomic E-state index is 12.5. The van der Waals surface area contributed by atoms with Gasteiger partial charge in [0.05, 0.1) is 55.4 Å². The van der Waals surface area contributed by atoms with Crippen molar-refractivity contribution in [2.75, 3.05) is 19.8 Å². The third kappa shape index (κ3) is 7.22. The lowest BCUT2D eigenvalue weighted by Gasteiger charge is -2.65. The van der Waals surface area contributed by atoms with Gasteiger partial charge in [-0.05, 0) is 117 Å². The molecule has 0 aromatic heterocycles. The van der Waals surface area contributed by atoms with Crippen LogP contribution in [-0.4, -0.2) is 203 Å². The topological polar surface area (TPSA) is 307 Å². The van der Waals surface area contributed by atoms with Gasteiger partial charge in [0.15, 0.2) is 18.9 Å². The van der Waals surface area contributed by atoms with Gasteiger partial charge in [0, 0.05) is 5.92 Å². The fourth-order valence-electron chi connectivity index (χ4n) is 16.4. The summed E-state index contributed by atoms with van der Waals surface area (Å²) < 4.78 is 44.3. The Morgan fingerprint density at radius 1 is 0.591 bits per heavy atom. The van der Waals surface area contributed by atoms with Crippen LogP contribution in [0.2, 0.25) is 0 Å². The molecule has 0 aromatic rings. The highest BCUT2D eigenvalue weighted by Gasteiger charge is 2.85. The average Bonchev–Trinajstić information content (AvgIpc) is 3.63. The number of rotatable bonds is 10. The molecule has 9 aliphatic rings. The molecule has 9 rings (SSSR count). The van der Waals surface area contributed by atoms with Crippen molar-refractivity contribution in [3.8, 4) is 0 Å². The van der Waals surface area contributed by atoms with Crippen molar-refractivity contribution < 1.29 is 94.4 Å². The smallest absolute Gasteiger partial charge is 0.187 e. The largest absolute Gasteiger partial charge is 0.394 e. The van der Waals surface area contributed by atoms with Gasteiger partial charge < -0.3 is 94.4 Å². The third-order valence-corrected chi connectivity index (χ3v) is 19.9. The van der Waals surface area contributed by atoms with Crippen LogP contribution < -0.4 is 0 Å². The molecule has 12 N–H and O–H groups in total. The molecule has 4 heterocycles. The monoisotopic (exact) mass is 947 g/mol. The molecule has 5 aliphatic carbocycles. The Bertz CT molecular complexity index is 1770. The molecule has 19 heteroatoms. The molecule has 5 saturated carbocycles. The van der Waals surface area contributed by atoms with Gasteiger partial charge in [-0.15, -0.1) is 0 Å². The lowest BCUT2D eigenvalue weighted by molar-refractivity contribution is -0.339. The van der Waals surface area contributed by atoms with Crippen LogP contribution >= 0.6 is 0 Å². The van der Waals surface area contributed by atoms with Crippen LogP contribution in [0.3, 0.4) is 0 Å². The standard InChI is InChI=1S/C47H78O19/c1-41(2)26(64-38-33(57)28(52)21(51)18-60-38)9-11-47-19-46(47)13-12-43(5)36(45(7)10-8-27(65-45)42(3,4)66-40-35(59)32(56)30(54)24(17-49)63-40)20(50)15-44(43,6)25(46)14-22(37(41)47)61-39-34(58)31(55)29(53)23(16-48)62-39/h20-40,48-59H,8-19H2,1-7H3/t20-,21+,22-,23-,24+,25+,26+,27-,28-,29-,30-,31-,32-,33-,34-,35-,36-,37+,38-,39-,40-,43+,44-,45-,46-,47+/m0/s1. The van der Waals surface area contributed by atoms with Crippen molar-refractivity contribution in [3.05, 3.63) is 0 Å². The van der Waals surface area contributed by atoms with Crippen LogP contribution in [0.5, 0.6) is 0 Å². The number of hydrogen-bond donors (Lipinski definition) is 12. The Labute approximate surface area is 386 Å². The van der Waals surface area contributed by atoms with Crippen molar-refractivity contribution in [1.29, 1.82) is 0 Å². The lowest BCUT2D eigenvalue weighted by Crippen LogP contribution is -2.65. The molecule has 0 radical (unpaired) electrons. The summed E-state index contributed by atoms with van der Waals surface area (Å²) in [7, 11) is 0. The van der Waals surface area contributed by atoms with Gasteiger partial charge in [-0.1, -0.05) is 27.7 Å². The first kappa shape index (κ1) is 50.2. The van der Waals surface area contributed by atoms with Crippen molar-refractivity contribution in [2.24, 2.45) is 44.8 Å². The van der Waals surface area contributed by atoms with E-state index in [4.69, 9.17) is 33.2 Å². The maximum atomic E-state index is 12.5. The molecule has 380 valence electrons. The molecule has 19 nitrogen and oxygen atoms in total. The van der Waals surface area contributed by atoms with E-state index < -0.39 is 151 Å². The molecule has 26 atom stereocenters. The van der Waals surface area contributed by atoms with E-state index in [1.165, 1.54) is 0 Å². The van der Waals surface area contributed by atoms with E-state index in [0.29, 0.717) is 32.1 Å². The molecule has 9 fully saturated rings. The van der Waals surface area contributed by atoms with E-state index in [1.54, 1.807) is 0 Å². The Balaban J connectivity index is 1.01. The van der Waals surface area contributed by atoms with Crippen molar-refractivity contribution in [1.82, 2.24) is 0 Å². The van der Waals surface area contributed by atoms with Gasteiger partial charge in [0.25, 0.3) is 0 Å². The Morgan fingerprint density at radius 3 is 1.83 bits per heavy atom. The molecule has 0 bridgehead atoms. The second-order valence-corrected chi connectivity index (χ2v) is 23.8. The highest BCUT2D eigenvalue weighted by molar-refractivity contribution is 5.33.